The fraction of sp³-hybridized carbons (Fsp3) is 0.261. The lowest BCUT2D eigenvalue weighted by molar-refractivity contribution is -0.131. The van der Waals surface area contributed by atoms with Crippen molar-refractivity contribution in [2.75, 3.05) is 7.11 Å². The Morgan fingerprint density at radius 3 is 2.57 bits per heavy atom. The van der Waals surface area contributed by atoms with E-state index >= 15 is 0 Å². The molecule has 3 aromatic rings. The molecule has 154 valence electrons. The normalized spacial score (nSPS) is 15.6. The van der Waals surface area contributed by atoms with Crippen molar-refractivity contribution in [1.82, 2.24) is 4.57 Å². The van der Waals surface area contributed by atoms with Crippen LogP contribution in [0.2, 0.25) is 0 Å². The van der Waals surface area contributed by atoms with Crippen LogP contribution in [0.15, 0.2) is 42.5 Å². The van der Waals surface area contributed by atoms with E-state index in [0.717, 1.165) is 17.7 Å². The Kier molecular flexibility index (Phi) is 5.03. The summed E-state index contributed by atoms with van der Waals surface area (Å²) in [5, 5.41) is 9.87. The number of aromatic nitrogens is 1. The van der Waals surface area contributed by atoms with Gasteiger partial charge in [0.1, 0.15) is 5.75 Å². The van der Waals surface area contributed by atoms with Crippen LogP contribution in [-0.4, -0.2) is 34.4 Å². The number of methoxy groups -OCH3 is 1. The van der Waals surface area contributed by atoms with Gasteiger partial charge in [-0.05, 0) is 36.5 Å². The van der Waals surface area contributed by atoms with Crippen LogP contribution in [0.25, 0.3) is 10.9 Å². The quantitative estimate of drug-likeness (QED) is 0.483. The molecule has 1 aliphatic carbocycles. The van der Waals surface area contributed by atoms with E-state index in [1.54, 1.807) is 6.07 Å². The van der Waals surface area contributed by atoms with Crippen molar-refractivity contribution in [2.24, 2.45) is 5.73 Å². The van der Waals surface area contributed by atoms with E-state index in [2.05, 4.69) is 4.57 Å². The smallest absolute Gasteiger partial charge is 0.377 e. The predicted octanol–water partition coefficient (Wildman–Crippen LogP) is 2.87. The van der Waals surface area contributed by atoms with Gasteiger partial charge in [-0.1, -0.05) is 30.3 Å². The maximum atomic E-state index is 12.6. The monoisotopic (exact) mass is 406 g/mol. The largest absolute Gasteiger partial charge is 0.497 e. The average molecular weight is 406 g/mol. The molecule has 7 nitrogen and oxygen atoms in total. The Morgan fingerprint density at radius 2 is 1.93 bits per heavy atom. The third-order valence-corrected chi connectivity index (χ3v) is 5.74. The molecule has 0 saturated heterocycles. The molecule has 1 atom stereocenters. The zero-order valence-electron chi connectivity index (χ0n) is 16.6. The molecular weight excluding hydrogens is 384 g/mol. The third kappa shape index (κ3) is 3.22. The first-order valence-electron chi connectivity index (χ1n) is 9.76. The van der Waals surface area contributed by atoms with Crippen LogP contribution in [0.3, 0.4) is 0 Å². The van der Waals surface area contributed by atoms with Crippen molar-refractivity contribution in [3.63, 3.8) is 0 Å². The fourth-order valence-electron chi connectivity index (χ4n) is 4.44. The predicted molar refractivity (Wildman–Crippen MR) is 111 cm³/mol. The number of rotatable bonds is 6. The van der Waals surface area contributed by atoms with Gasteiger partial charge in [0.05, 0.1) is 18.5 Å². The summed E-state index contributed by atoms with van der Waals surface area (Å²) in [7, 11) is 1.47. The number of hydrogen-bond donors (Lipinski definition) is 2. The van der Waals surface area contributed by atoms with Gasteiger partial charge in [0, 0.05) is 29.3 Å². The average Bonchev–Trinajstić information content (AvgIpc) is 3.06. The molecule has 1 aliphatic rings. The summed E-state index contributed by atoms with van der Waals surface area (Å²) in [6.07, 6.45) is 2.06. The lowest BCUT2D eigenvalue weighted by Crippen LogP contribution is -2.25. The van der Waals surface area contributed by atoms with Gasteiger partial charge in [0.15, 0.2) is 0 Å². The van der Waals surface area contributed by atoms with Crippen LogP contribution in [0.5, 0.6) is 5.75 Å². The van der Waals surface area contributed by atoms with Crippen LogP contribution in [0.4, 0.5) is 0 Å². The van der Waals surface area contributed by atoms with Crippen molar-refractivity contribution >= 4 is 28.6 Å². The topological polar surface area (TPSA) is 112 Å². The van der Waals surface area contributed by atoms with Gasteiger partial charge in [0.25, 0.3) is 5.78 Å². The van der Waals surface area contributed by atoms with E-state index in [1.807, 2.05) is 30.3 Å². The molecule has 1 unspecified atom stereocenters. The van der Waals surface area contributed by atoms with E-state index in [4.69, 9.17) is 10.5 Å². The summed E-state index contributed by atoms with van der Waals surface area (Å²) in [4.78, 5) is 36.4. The number of carbonyl (C=O) groups is 3. The highest BCUT2D eigenvalue weighted by Crippen LogP contribution is 2.42. The van der Waals surface area contributed by atoms with E-state index in [0.29, 0.717) is 41.6 Å². The number of nitrogens with two attached hydrogens (primary N) is 1. The number of carbonyl (C=O) groups excluding carboxylic acids is 2. The Labute approximate surface area is 173 Å². The summed E-state index contributed by atoms with van der Waals surface area (Å²) in [6.45, 7) is 0.520. The van der Waals surface area contributed by atoms with Gasteiger partial charge < -0.3 is 20.1 Å². The number of primary amides is 1. The van der Waals surface area contributed by atoms with Crippen molar-refractivity contribution < 1.29 is 24.2 Å². The third-order valence-electron chi connectivity index (χ3n) is 5.74. The van der Waals surface area contributed by atoms with Gasteiger partial charge in [0.2, 0.25) is 5.91 Å². The molecule has 0 bridgehead atoms. The molecule has 0 fully saturated rings. The summed E-state index contributed by atoms with van der Waals surface area (Å²) in [6, 6.07) is 13.0. The minimum atomic E-state index is -1.56. The van der Waals surface area contributed by atoms with Gasteiger partial charge in [-0.25, -0.2) is 4.79 Å². The van der Waals surface area contributed by atoms with Crippen LogP contribution in [-0.2, 0) is 22.6 Å². The van der Waals surface area contributed by atoms with E-state index in [-0.39, 0.29) is 5.56 Å². The van der Waals surface area contributed by atoms with Gasteiger partial charge in [-0.15, -0.1) is 0 Å². The number of aliphatic carboxylic acids is 1. The minimum Gasteiger partial charge on any atom is -0.497 e. The zero-order chi connectivity index (χ0) is 21.4. The second kappa shape index (κ2) is 7.67. The van der Waals surface area contributed by atoms with E-state index in [9.17, 15) is 19.5 Å². The highest BCUT2D eigenvalue weighted by Gasteiger charge is 2.34. The molecular formula is C23H22N2O5. The van der Waals surface area contributed by atoms with Crippen LogP contribution in [0, 0.1) is 0 Å². The molecule has 0 radical (unpaired) electrons. The highest BCUT2D eigenvalue weighted by atomic mass is 16.5. The molecule has 1 heterocycles. The number of carboxylic acids is 1. The molecule has 0 spiro atoms. The summed E-state index contributed by atoms with van der Waals surface area (Å²) in [5.74, 6) is -3.25. The van der Waals surface area contributed by atoms with Crippen LogP contribution < -0.4 is 10.5 Å². The molecule has 30 heavy (non-hydrogen) atoms. The molecule has 2 aromatic carbocycles. The van der Waals surface area contributed by atoms with Crippen LogP contribution in [0.1, 0.15) is 45.9 Å². The number of ether oxygens (including phenoxy) is 1. The lowest BCUT2D eigenvalue weighted by Gasteiger charge is -2.22. The summed E-state index contributed by atoms with van der Waals surface area (Å²) < 4.78 is 7.41. The second-order valence-electron chi connectivity index (χ2n) is 7.48. The maximum Gasteiger partial charge on any atom is 0.377 e. The van der Waals surface area contributed by atoms with Crippen molar-refractivity contribution in [3.05, 3.63) is 64.8 Å². The van der Waals surface area contributed by atoms with Gasteiger partial charge >= 0.3 is 5.97 Å². The number of Topliss-reactive ketones (excluding diaryl/α,β-unsaturated/α-hetero) is 1. The first kappa shape index (κ1) is 19.7. The zero-order valence-corrected chi connectivity index (χ0v) is 16.6. The molecule has 7 heteroatoms. The van der Waals surface area contributed by atoms with Gasteiger partial charge in [-0.2, -0.15) is 0 Å². The second-order valence-corrected chi connectivity index (χ2v) is 7.48. The molecule has 0 aliphatic heterocycles. The first-order chi connectivity index (χ1) is 14.4. The Balaban J connectivity index is 2.08. The Hall–Kier alpha value is -3.61. The molecule has 0 saturated carbocycles. The molecule has 1 aromatic heterocycles. The summed E-state index contributed by atoms with van der Waals surface area (Å²) >= 11 is 0. The first-order valence-corrected chi connectivity index (χ1v) is 9.76. The summed E-state index contributed by atoms with van der Waals surface area (Å²) in [5.41, 5.74) is 9.03. The van der Waals surface area contributed by atoms with Crippen LogP contribution >= 0.6 is 0 Å². The molecule has 3 N–H and O–H groups in total. The Bertz CT molecular complexity index is 1160. The van der Waals surface area contributed by atoms with Crippen molar-refractivity contribution in [1.29, 1.82) is 0 Å². The number of fused-ring (bicyclic) bond motifs is 3. The number of hydrogen-bond acceptors (Lipinski definition) is 4. The van der Waals surface area contributed by atoms with Crippen molar-refractivity contribution in [3.8, 4) is 5.75 Å². The van der Waals surface area contributed by atoms with Gasteiger partial charge in [-0.3, -0.25) is 9.59 Å². The SMILES string of the molecule is COc1cc(C(=O)C(=O)O)c2c3c(n(Cc4ccccc4)c2c1)CCCC3C(N)=O. The fourth-order valence-corrected chi connectivity index (χ4v) is 4.44. The number of nitrogens with zero attached hydrogens (tertiary/aromatic N) is 1. The minimum absolute atomic E-state index is 0.0214. The van der Waals surface area contributed by atoms with E-state index < -0.39 is 23.6 Å². The standard InChI is InChI=1S/C23H22N2O5/c1-30-14-10-16(21(26)23(28)29)20-18(11-14)25(12-13-6-3-2-4-7-13)17-9-5-8-15(19(17)20)22(24)27/h2-4,6-7,10-11,15H,5,8-9,12H2,1H3,(H2,24,27)(H,28,29). The van der Waals surface area contributed by atoms with Crippen molar-refractivity contribution in [2.45, 2.75) is 31.7 Å². The maximum absolute atomic E-state index is 12.6. The van der Waals surface area contributed by atoms with E-state index in [1.165, 1.54) is 13.2 Å². The number of carboxylic acid groups (broad SMARTS) is 1. The molecule has 1 amide bonds. The Morgan fingerprint density at radius 1 is 1.20 bits per heavy atom. The number of ketones is 1. The lowest BCUT2D eigenvalue weighted by atomic mass is 9.83. The number of benzene rings is 2. The number of amides is 1. The highest BCUT2D eigenvalue weighted by molar-refractivity contribution is 6.42. The molecule has 4 rings (SSSR count).